The minimum atomic E-state index is -0.337. The molecular weight excluding hydrogens is 222 g/mol. The molecule has 1 aliphatic carbocycles. The minimum Gasteiger partial charge on any atom is -0.226 e. The Kier molecular flexibility index (Phi) is 1.83. The van der Waals surface area contributed by atoms with Crippen molar-refractivity contribution in [3.05, 3.63) is 11.4 Å². The lowest BCUT2D eigenvalue weighted by molar-refractivity contribution is 0.741. The SMILES string of the molecule is Cc1nc2n(c1C)NN=C(C1(C#N)CC1)S2. The molecule has 1 fully saturated rings. The Morgan fingerprint density at radius 1 is 1.50 bits per heavy atom. The zero-order chi connectivity index (χ0) is 11.3. The van der Waals surface area contributed by atoms with Gasteiger partial charge in [0.15, 0.2) is 5.16 Å². The number of hydrogen-bond acceptors (Lipinski definition) is 5. The Bertz CT molecular complexity index is 532. The van der Waals surface area contributed by atoms with Crippen LogP contribution >= 0.6 is 11.8 Å². The maximum atomic E-state index is 9.12. The van der Waals surface area contributed by atoms with Crippen molar-refractivity contribution in [3.63, 3.8) is 0 Å². The van der Waals surface area contributed by atoms with E-state index in [1.165, 1.54) is 11.8 Å². The molecule has 2 aliphatic rings. The van der Waals surface area contributed by atoms with Crippen molar-refractivity contribution in [1.82, 2.24) is 9.66 Å². The largest absolute Gasteiger partial charge is 0.226 e. The maximum Gasteiger partial charge on any atom is 0.195 e. The average molecular weight is 233 g/mol. The van der Waals surface area contributed by atoms with Gasteiger partial charge in [0.05, 0.1) is 17.5 Å². The van der Waals surface area contributed by atoms with E-state index in [0.717, 1.165) is 34.4 Å². The van der Waals surface area contributed by atoms with E-state index in [9.17, 15) is 0 Å². The number of hydrogen-bond donors (Lipinski definition) is 1. The maximum absolute atomic E-state index is 9.12. The fraction of sp³-hybridized carbons (Fsp3) is 0.500. The van der Waals surface area contributed by atoms with Crippen LogP contribution < -0.4 is 5.53 Å². The third-order valence-corrected chi connectivity index (χ3v) is 4.26. The third kappa shape index (κ3) is 1.18. The van der Waals surface area contributed by atoms with Crippen molar-refractivity contribution >= 4 is 16.8 Å². The predicted molar refractivity (Wildman–Crippen MR) is 61.6 cm³/mol. The molecule has 0 amide bonds. The Morgan fingerprint density at radius 3 is 2.88 bits per heavy atom. The molecule has 82 valence electrons. The van der Waals surface area contributed by atoms with E-state index in [1.54, 1.807) is 0 Å². The molecule has 0 radical (unpaired) electrons. The summed E-state index contributed by atoms with van der Waals surface area (Å²) in [5.41, 5.74) is 4.67. The second-order valence-electron chi connectivity index (χ2n) is 4.21. The monoisotopic (exact) mass is 233 g/mol. The van der Waals surface area contributed by atoms with Crippen LogP contribution in [0.1, 0.15) is 24.2 Å². The van der Waals surface area contributed by atoms with Crippen LogP contribution in [0.5, 0.6) is 0 Å². The zero-order valence-electron chi connectivity index (χ0n) is 9.11. The Morgan fingerprint density at radius 2 is 2.25 bits per heavy atom. The summed E-state index contributed by atoms with van der Waals surface area (Å²) in [6.45, 7) is 3.97. The molecule has 1 aromatic rings. The van der Waals surface area contributed by atoms with E-state index in [0.29, 0.717) is 0 Å². The van der Waals surface area contributed by atoms with Gasteiger partial charge in [-0.25, -0.2) is 15.2 Å². The quantitative estimate of drug-likeness (QED) is 0.802. The number of nitrogens with zero attached hydrogens (tertiary/aromatic N) is 4. The molecule has 3 rings (SSSR count). The summed E-state index contributed by atoms with van der Waals surface area (Å²) in [4.78, 5) is 4.45. The van der Waals surface area contributed by atoms with Crippen LogP contribution in [-0.4, -0.2) is 14.7 Å². The second kappa shape index (κ2) is 3.01. The highest BCUT2D eigenvalue weighted by atomic mass is 32.2. The Labute approximate surface area is 97.5 Å². The van der Waals surface area contributed by atoms with Crippen molar-refractivity contribution in [3.8, 4) is 6.07 Å². The summed E-state index contributed by atoms with van der Waals surface area (Å²) in [5, 5.41) is 15.1. The van der Waals surface area contributed by atoms with Gasteiger partial charge in [0.2, 0.25) is 0 Å². The van der Waals surface area contributed by atoms with Gasteiger partial charge in [0.25, 0.3) is 0 Å². The van der Waals surface area contributed by atoms with Crippen LogP contribution in [0.15, 0.2) is 10.3 Å². The summed E-state index contributed by atoms with van der Waals surface area (Å²) in [6, 6.07) is 2.35. The Hall–Kier alpha value is -1.48. The molecule has 1 aromatic heterocycles. The van der Waals surface area contributed by atoms with Gasteiger partial charge in [-0.3, -0.25) is 0 Å². The van der Waals surface area contributed by atoms with Crippen molar-refractivity contribution in [2.75, 3.05) is 5.53 Å². The molecule has 0 aromatic carbocycles. The summed E-state index contributed by atoms with van der Waals surface area (Å²) in [5.74, 6) is 0. The molecule has 1 N–H and O–H groups in total. The minimum absolute atomic E-state index is 0.337. The molecule has 0 spiro atoms. The molecule has 2 heterocycles. The van der Waals surface area contributed by atoms with E-state index in [1.807, 2.05) is 18.5 Å². The summed E-state index contributed by atoms with van der Waals surface area (Å²) in [7, 11) is 0. The number of nitriles is 1. The highest BCUT2D eigenvalue weighted by Gasteiger charge is 2.50. The van der Waals surface area contributed by atoms with E-state index < -0.39 is 0 Å². The highest BCUT2D eigenvalue weighted by molar-refractivity contribution is 8.14. The van der Waals surface area contributed by atoms with Crippen molar-refractivity contribution in [1.29, 1.82) is 5.26 Å². The number of hydrazone groups is 1. The number of thioether (sulfide) groups is 1. The highest BCUT2D eigenvalue weighted by Crippen LogP contribution is 2.51. The number of imidazole rings is 1. The number of rotatable bonds is 1. The van der Waals surface area contributed by atoms with Gasteiger partial charge in [-0.05, 0) is 38.5 Å². The summed E-state index contributed by atoms with van der Waals surface area (Å²) < 4.78 is 1.86. The number of fused-ring (bicyclic) bond motifs is 1. The van der Waals surface area contributed by atoms with E-state index in [2.05, 4.69) is 21.7 Å². The first-order valence-corrected chi connectivity index (χ1v) is 5.97. The molecule has 1 aliphatic heterocycles. The van der Waals surface area contributed by atoms with Gasteiger partial charge in [-0.2, -0.15) is 10.4 Å². The van der Waals surface area contributed by atoms with Crippen LogP contribution in [0.3, 0.4) is 0 Å². The molecule has 6 heteroatoms. The molecule has 0 saturated heterocycles. The molecule has 0 bridgehead atoms. The molecule has 0 unspecified atom stereocenters. The van der Waals surface area contributed by atoms with Crippen molar-refractivity contribution in [2.24, 2.45) is 10.5 Å². The van der Waals surface area contributed by atoms with Gasteiger partial charge in [0, 0.05) is 0 Å². The lowest BCUT2D eigenvalue weighted by atomic mass is 10.2. The topological polar surface area (TPSA) is 66.0 Å². The summed E-state index contributed by atoms with van der Waals surface area (Å²) >= 11 is 1.50. The van der Waals surface area contributed by atoms with Gasteiger partial charge in [-0.15, -0.1) is 0 Å². The van der Waals surface area contributed by atoms with Crippen molar-refractivity contribution < 1.29 is 0 Å². The van der Waals surface area contributed by atoms with Crippen molar-refractivity contribution in [2.45, 2.75) is 31.8 Å². The van der Waals surface area contributed by atoms with Gasteiger partial charge < -0.3 is 0 Å². The van der Waals surface area contributed by atoms with Crippen LogP contribution in [0.4, 0.5) is 0 Å². The first-order valence-electron chi connectivity index (χ1n) is 5.15. The van der Waals surface area contributed by atoms with E-state index in [4.69, 9.17) is 5.26 Å². The average Bonchev–Trinajstić information content (AvgIpc) is 3.04. The van der Waals surface area contributed by atoms with E-state index in [-0.39, 0.29) is 5.41 Å². The molecule has 16 heavy (non-hydrogen) atoms. The number of aromatic nitrogens is 2. The number of aryl methyl sites for hydroxylation is 1. The third-order valence-electron chi connectivity index (χ3n) is 3.13. The first kappa shape index (κ1) is 9.73. The van der Waals surface area contributed by atoms with Crippen LogP contribution in [0.2, 0.25) is 0 Å². The second-order valence-corrected chi connectivity index (χ2v) is 5.17. The normalized spacial score (nSPS) is 20.4. The van der Waals surface area contributed by atoms with E-state index >= 15 is 0 Å². The van der Waals surface area contributed by atoms with Crippen LogP contribution in [0, 0.1) is 30.6 Å². The summed E-state index contributed by atoms with van der Waals surface area (Å²) in [6.07, 6.45) is 1.82. The van der Waals surface area contributed by atoms with Gasteiger partial charge in [-0.1, -0.05) is 0 Å². The lowest BCUT2D eigenvalue weighted by Gasteiger charge is -2.17. The lowest BCUT2D eigenvalue weighted by Crippen LogP contribution is -2.23. The fourth-order valence-corrected chi connectivity index (χ4v) is 2.83. The fourth-order valence-electron chi connectivity index (χ4n) is 1.67. The molecular formula is C10H11N5S. The van der Waals surface area contributed by atoms with Gasteiger partial charge in [0.1, 0.15) is 10.5 Å². The first-order chi connectivity index (χ1) is 7.66. The molecule has 0 atom stereocenters. The van der Waals surface area contributed by atoms with Gasteiger partial charge >= 0.3 is 0 Å². The smallest absolute Gasteiger partial charge is 0.195 e. The predicted octanol–water partition coefficient (Wildman–Crippen LogP) is 1.77. The standard InChI is InChI=1S/C10H11N5S/c1-6-7(2)15-9(12-6)16-8(13-14-15)10(5-11)3-4-10/h14H,3-4H2,1-2H3. The van der Waals surface area contributed by atoms with Crippen LogP contribution in [0.25, 0.3) is 0 Å². The molecule has 5 nitrogen and oxygen atoms in total. The number of nitrogens with one attached hydrogen (secondary N) is 1. The zero-order valence-corrected chi connectivity index (χ0v) is 9.93. The molecule has 1 saturated carbocycles. The Balaban J connectivity index is 1.96. The van der Waals surface area contributed by atoms with Crippen LogP contribution in [-0.2, 0) is 0 Å².